The third-order valence-electron chi connectivity index (χ3n) is 5.87. The van der Waals surface area contributed by atoms with Gasteiger partial charge in [-0.1, -0.05) is 72.8 Å². The topological polar surface area (TPSA) is 113 Å². The van der Waals surface area contributed by atoms with E-state index in [1.807, 2.05) is 48.5 Å². The minimum atomic E-state index is -3.19. The number of benzene rings is 3. The molecule has 0 aromatic heterocycles. The van der Waals surface area contributed by atoms with Gasteiger partial charge < -0.3 is 20.1 Å². The molecule has 1 unspecified atom stereocenters. The number of carbonyl (C=O) groups is 2. The van der Waals surface area contributed by atoms with Crippen LogP contribution in [0.1, 0.15) is 28.2 Å². The Morgan fingerprint density at radius 1 is 0.941 bits per heavy atom. The highest BCUT2D eigenvalue weighted by Crippen LogP contribution is 2.44. The average molecular weight is 479 g/mol. The molecule has 0 spiro atoms. The molecule has 0 heterocycles. The van der Waals surface area contributed by atoms with Crippen LogP contribution in [0.4, 0.5) is 4.79 Å². The number of hydrogen-bond donors (Lipinski definition) is 3. The Bertz CT molecular complexity index is 1200. The van der Waals surface area contributed by atoms with Crippen LogP contribution >= 0.6 is 7.37 Å². The zero-order chi connectivity index (χ0) is 24.3. The second kappa shape index (κ2) is 9.84. The van der Waals surface area contributed by atoms with Crippen LogP contribution in [-0.2, 0) is 26.7 Å². The Hall–Kier alpha value is -3.41. The van der Waals surface area contributed by atoms with Gasteiger partial charge >= 0.3 is 12.1 Å². The highest BCUT2D eigenvalue weighted by molar-refractivity contribution is 7.56. The van der Waals surface area contributed by atoms with Crippen LogP contribution in [0.3, 0.4) is 0 Å². The molecular weight excluding hydrogens is 453 g/mol. The molecule has 7 nitrogen and oxygen atoms in total. The largest absolute Gasteiger partial charge is 0.480 e. The molecule has 1 amide bonds. The van der Waals surface area contributed by atoms with E-state index in [1.54, 1.807) is 24.3 Å². The van der Waals surface area contributed by atoms with E-state index in [9.17, 15) is 24.2 Å². The zero-order valence-electron chi connectivity index (χ0n) is 18.7. The fourth-order valence-corrected chi connectivity index (χ4v) is 5.23. The first-order valence-electron chi connectivity index (χ1n) is 10.9. The fourth-order valence-electron chi connectivity index (χ4n) is 4.34. The molecule has 176 valence electrons. The molecule has 8 heteroatoms. The van der Waals surface area contributed by atoms with E-state index in [2.05, 4.69) is 5.32 Å². The number of carboxylic acid groups (broad SMARTS) is 1. The first-order valence-corrected chi connectivity index (χ1v) is 13.2. The number of nitrogens with one attached hydrogen (secondary N) is 1. The SMILES string of the molecule is CP(=O)(O)Cc1ccc(C[C@H](NC(=O)OCC2c3ccccc3-c3ccccc32)C(=O)O)cc1. The molecule has 1 aliphatic carbocycles. The van der Waals surface area contributed by atoms with Gasteiger partial charge in [-0.3, -0.25) is 4.57 Å². The maximum atomic E-state index is 12.5. The van der Waals surface area contributed by atoms with Gasteiger partial charge in [-0.15, -0.1) is 0 Å². The van der Waals surface area contributed by atoms with Crippen LogP contribution in [0.15, 0.2) is 72.8 Å². The Morgan fingerprint density at radius 3 is 2.00 bits per heavy atom. The summed E-state index contributed by atoms with van der Waals surface area (Å²) in [5, 5.41) is 12.0. The molecule has 0 saturated heterocycles. The highest BCUT2D eigenvalue weighted by atomic mass is 31.2. The second-order valence-electron chi connectivity index (χ2n) is 8.59. The van der Waals surface area contributed by atoms with Crippen molar-refractivity contribution in [2.45, 2.75) is 24.5 Å². The normalized spacial score (nSPS) is 15.0. The van der Waals surface area contributed by atoms with Crippen molar-refractivity contribution in [3.8, 4) is 11.1 Å². The maximum Gasteiger partial charge on any atom is 0.407 e. The summed E-state index contributed by atoms with van der Waals surface area (Å²) in [7, 11) is -3.19. The molecule has 0 bridgehead atoms. The van der Waals surface area contributed by atoms with Gasteiger partial charge in [0.1, 0.15) is 12.6 Å². The molecule has 2 atom stereocenters. The van der Waals surface area contributed by atoms with Gasteiger partial charge in [0.25, 0.3) is 0 Å². The third kappa shape index (κ3) is 5.56. The Labute approximate surface area is 197 Å². The van der Waals surface area contributed by atoms with Gasteiger partial charge in [-0.2, -0.15) is 0 Å². The number of hydrogen-bond acceptors (Lipinski definition) is 4. The van der Waals surface area contributed by atoms with Crippen molar-refractivity contribution in [2.24, 2.45) is 0 Å². The lowest BCUT2D eigenvalue weighted by Gasteiger charge is -2.18. The molecule has 0 aliphatic heterocycles. The predicted molar refractivity (Wildman–Crippen MR) is 129 cm³/mol. The van der Waals surface area contributed by atoms with Crippen LogP contribution in [0.5, 0.6) is 0 Å². The van der Waals surface area contributed by atoms with E-state index >= 15 is 0 Å². The molecular formula is C26H26NO6P. The maximum absolute atomic E-state index is 12.5. The Kier molecular flexibility index (Phi) is 6.87. The standard InChI is InChI=1S/C26H26NO6P/c1-34(31,32)16-18-12-10-17(11-13-18)14-24(25(28)29)27-26(30)33-15-23-21-8-4-2-6-19(21)20-7-3-5-9-22(20)23/h2-13,23-24H,14-16H2,1H3,(H,27,30)(H,28,29)(H,31,32)/t24-/m0/s1. The van der Waals surface area contributed by atoms with Crippen molar-refractivity contribution in [1.82, 2.24) is 5.32 Å². The average Bonchev–Trinajstić information content (AvgIpc) is 3.11. The number of ether oxygens (including phenoxy) is 1. The molecule has 0 fully saturated rings. The third-order valence-corrected chi connectivity index (χ3v) is 6.82. The molecule has 3 N–H and O–H groups in total. The van der Waals surface area contributed by atoms with Crippen LogP contribution in [-0.4, -0.2) is 41.4 Å². The van der Waals surface area contributed by atoms with E-state index in [-0.39, 0.29) is 25.1 Å². The van der Waals surface area contributed by atoms with Crippen LogP contribution in [0.25, 0.3) is 11.1 Å². The summed E-state index contributed by atoms with van der Waals surface area (Å²) in [5.41, 5.74) is 5.74. The Morgan fingerprint density at radius 2 is 1.47 bits per heavy atom. The first-order chi connectivity index (χ1) is 16.2. The lowest BCUT2D eigenvalue weighted by atomic mass is 9.98. The van der Waals surface area contributed by atoms with Crippen LogP contribution in [0.2, 0.25) is 0 Å². The van der Waals surface area contributed by atoms with E-state index in [0.717, 1.165) is 22.3 Å². The number of carboxylic acids is 1. The van der Waals surface area contributed by atoms with Gasteiger partial charge in [-0.25, -0.2) is 9.59 Å². The molecule has 3 aromatic carbocycles. The predicted octanol–water partition coefficient (Wildman–Crippen LogP) is 4.62. The Balaban J connectivity index is 1.39. The number of rotatable bonds is 8. The molecule has 34 heavy (non-hydrogen) atoms. The van der Waals surface area contributed by atoms with Gasteiger partial charge in [-0.05, 0) is 33.4 Å². The summed E-state index contributed by atoms with van der Waals surface area (Å²) in [6.45, 7) is 1.39. The van der Waals surface area contributed by atoms with Crippen molar-refractivity contribution in [3.05, 3.63) is 95.1 Å². The van der Waals surface area contributed by atoms with Crippen molar-refractivity contribution in [1.29, 1.82) is 0 Å². The molecule has 4 rings (SSSR count). The van der Waals surface area contributed by atoms with Gasteiger partial charge in [0.05, 0.1) is 0 Å². The van der Waals surface area contributed by atoms with Crippen molar-refractivity contribution in [3.63, 3.8) is 0 Å². The lowest BCUT2D eigenvalue weighted by Crippen LogP contribution is -2.42. The van der Waals surface area contributed by atoms with Crippen molar-refractivity contribution >= 4 is 19.4 Å². The monoisotopic (exact) mass is 479 g/mol. The first kappa shape index (κ1) is 23.7. The van der Waals surface area contributed by atoms with Crippen LogP contribution in [0, 0.1) is 0 Å². The van der Waals surface area contributed by atoms with Gasteiger partial charge in [0, 0.05) is 25.2 Å². The summed E-state index contributed by atoms with van der Waals surface area (Å²) < 4.78 is 17.0. The number of alkyl carbamates (subject to hydrolysis) is 1. The molecule has 1 aliphatic rings. The summed E-state index contributed by atoms with van der Waals surface area (Å²) >= 11 is 0. The fraction of sp³-hybridized carbons (Fsp3) is 0.231. The van der Waals surface area contributed by atoms with Crippen molar-refractivity contribution in [2.75, 3.05) is 13.3 Å². The summed E-state index contributed by atoms with van der Waals surface area (Å²) in [5.74, 6) is -1.29. The quantitative estimate of drug-likeness (QED) is 0.407. The zero-order valence-corrected chi connectivity index (χ0v) is 19.6. The lowest BCUT2D eigenvalue weighted by molar-refractivity contribution is -0.139. The van der Waals surface area contributed by atoms with Crippen molar-refractivity contribution < 1.29 is 28.9 Å². The number of carbonyl (C=O) groups excluding carboxylic acids is 1. The highest BCUT2D eigenvalue weighted by Gasteiger charge is 2.29. The minimum absolute atomic E-state index is 0.0492. The van der Waals surface area contributed by atoms with Gasteiger partial charge in [0.15, 0.2) is 0 Å². The van der Waals surface area contributed by atoms with Crippen LogP contribution < -0.4 is 5.32 Å². The smallest absolute Gasteiger partial charge is 0.407 e. The minimum Gasteiger partial charge on any atom is -0.480 e. The van der Waals surface area contributed by atoms with E-state index in [4.69, 9.17) is 4.74 Å². The summed E-state index contributed by atoms with van der Waals surface area (Å²) in [6, 6.07) is 21.5. The van der Waals surface area contributed by atoms with E-state index in [0.29, 0.717) is 11.1 Å². The number of fused-ring (bicyclic) bond motifs is 3. The van der Waals surface area contributed by atoms with E-state index in [1.165, 1.54) is 6.66 Å². The second-order valence-corrected chi connectivity index (χ2v) is 11.0. The summed E-state index contributed by atoms with van der Waals surface area (Å²) in [6.07, 6.45) is -0.686. The van der Waals surface area contributed by atoms with E-state index < -0.39 is 25.5 Å². The van der Waals surface area contributed by atoms with Gasteiger partial charge in [0.2, 0.25) is 7.37 Å². The molecule has 0 radical (unpaired) electrons. The molecule has 3 aromatic rings. The summed E-state index contributed by atoms with van der Waals surface area (Å²) in [4.78, 5) is 33.7. The number of amides is 1. The molecule has 0 saturated carbocycles. The number of aliphatic carboxylic acids is 1.